The molecule has 1 aliphatic heterocycles. The first-order valence-corrected chi connectivity index (χ1v) is 7.76. The second-order valence-corrected chi connectivity index (χ2v) is 7.36. The zero-order valence-electron chi connectivity index (χ0n) is 12.1. The Balaban J connectivity index is 2.16. The molecule has 1 aromatic carbocycles. The maximum Gasteiger partial charge on any atom is 0.237 e. The molecule has 5 heteroatoms. The third-order valence-corrected chi connectivity index (χ3v) is 4.67. The van der Waals surface area contributed by atoms with E-state index in [0.29, 0.717) is 0 Å². The van der Waals surface area contributed by atoms with Crippen molar-refractivity contribution in [3.63, 3.8) is 0 Å². The van der Waals surface area contributed by atoms with Crippen LogP contribution in [0.15, 0.2) is 23.1 Å². The molecule has 0 bridgehead atoms. The standard InChI is InChI=1S/C15H21FN2OS/c1-15(2,3)13(17)14(19)18-11-6-7-20-12-5-4-9(16)8-10(11)12/h4-5,8,11,13H,6-7,17H2,1-3H3,(H,18,19)/t11?,13-/m0/s1. The number of benzene rings is 1. The van der Waals surface area contributed by atoms with Crippen molar-refractivity contribution >= 4 is 17.7 Å². The zero-order chi connectivity index (χ0) is 14.9. The number of carbonyl (C=O) groups is 1. The fourth-order valence-electron chi connectivity index (χ4n) is 2.17. The quantitative estimate of drug-likeness (QED) is 0.882. The van der Waals surface area contributed by atoms with Crippen molar-refractivity contribution in [3.05, 3.63) is 29.6 Å². The summed E-state index contributed by atoms with van der Waals surface area (Å²) in [6.45, 7) is 5.80. The van der Waals surface area contributed by atoms with Gasteiger partial charge in [-0.05, 0) is 35.6 Å². The van der Waals surface area contributed by atoms with E-state index < -0.39 is 6.04 Å². The fourth-order valence-corrected chi connectivity index (χ4v) is 3.28. The highest BCUT2D eigenvalue weighted by Crippen LogP contribution is 2.36. The lowest BCUT2D eigenvalue weighted by molar-refractivity contribution is -0.125. The second-order valence-electron chi connectivity index (χ2n) is 6.22. The minimum Gasteiger partial charge on any atom is -0.348 e. The molecule has 2 atom stereocenters. The summed E-state index contributed by atoms with van der Waals surface area (Å²) in [4.78, 5) is 13.3. The van der Waals surface area contributed by atoms with E-state index in [-0.39, 0.29) is 23.2 Å². The molecule has 1 amide bonds. The summed E-state index contributed by atoms with van der Waals surface area (Å²) in [6.07, 6.45) is 0.795. The van der Waals surface area contributed by atoms with E-state index in [1.807, 2.05) is 20.8 Å². The van der Waals surface area contributed by atoms with Crippen molar-refractivity contribution < 1.29 is 9.18 Å². The predicted octanol–water partition coefficient (Wildman–Crippen LogP) is 2.85. The number of nitrogens with one attached hydrogen (secondary N) is 1. The monoisotopic (exact) mass is 296 g/mol. The number of thioether (sulfide) groups is 1. The van der Waals surface area contributed by atoms with Crippen LogP contribution in [0.3, 0.4) is 0 Å². The lowest BCUT2D eigenvalue weighted by Gasteiger charge is -2.30. The molecule has 0 fully saturated rings. The van der Waals surface area contributed by atoms with E-state index >= 15 is 0 Å². The molecule has 1 aliphatic rings. The third kappa shape index (κ3) is 3.33. The van der Waals surface area contributed by atoms with Gasteiger partial charge in [0.1, 0.15) is 5.82 Å². The van der Waals surface area contributed by atoms with Crippen LogP contribution < -0.4 is 11.1 Å². The van der Waals surface area contributed by atoms with Gasteiger partial charge in [0, 0.05) is 10.6 Å². The van der Waals surface area contributed by atoms with Gasteiger partial charge in [0.25, 0.3) is 0 Å². The molecule has 20 heavy (non-hydrogen) atoms. The van der Waals surface area contributed by atoms with Gasteiger partial charge >= 0.3 is 0 Å². The number of fused-ring (bicyclic) bond motifs is 1. The molecule has 0 aliphatic carbocycles. The number of amides is 1. The molecule has 0 saturated carbocycles. The number of halogens is 1. The number of rotatable bonds is 2. The molecule has 2 rings (SSSR count). The summed E-state index contributed by atoms with van der Waals surface area (Å²) in [5.74, 6) is 0.462. The second kappa shape index (κ2) is 5.74. The Morgan fingerprint density at radius 2 is 2.20 bits per heavy atom. The Kier molecular flexibility index (Phi) is 4.39. The molecule has 1 heterocycles. The zero-order valence-corrected chi connectivity index (χ0v) is 12.9. The predicted molar refractivity (Wildman–Crippen MR) is 80.1 cm³/mol. The normalized spacial score (nSPS) is 20.1. The first-order chi connectivity index (χ1) is 9.29. The van der Waals surface area contributed by atoms with Crippen molar-refractivity contribution in [2.75, 3.05) is 5.75 Å². The molecule has 0 saturated heterocycles. The molecule has 1 unspecified atom stereocenters. The van der Waals surface area contributed by atoms with Crippen LogP contribution in [0.2, 0.25) is 0 Å². The van der Waals surface area contributed by atoms with Crippen molar-refractivity contribution in [1.82, 2.24) is 5.32 Å². The highest BCUT2D eigenvalue weighted by Gasteiger charge is 2.30. The van der Waals surface area contributed by atoms with Crippen LogP contribution in [0.1, 0.15) is 38.8 Å². The van der Waals surface area contributed by atoms with Crippen molar-refractivity contribution in [3.8, 4) is 0 Å². The van der Waals surface area contributed by atoms with Gasteiger partial charge in [-0.2, -0.15) is 0 Å². The molecule has 110 valence electrons. The Morgan fingerprint density at radius 1 is 1.50 bits per heavy atom. The Morgan fingerprint density at radius 3 is 2.85 bits per heavy atom. The first kappa shape index (κ1) is 15.3. The third-order valence-electron chi connectivity index (χ3n) is 3.54. The summed E-state index contributed by atoms with van der Waals surface area (Å²) in [6, 6.07) is 4.01. The van der Waals surface area contributed by atoms with E-state index in [1.54, 1.807) is 17.8 Å². The summed E-state index contributed by atoms with van der Waals surface area (Å²) in [7, 11) is 0. The number of hydrogen-bond acceptors (Lipinski definition) is 3. The van der Waals surface area contributed by atoms with Crippen LogP contribution in [0.25, 0.3) is 0 Å². The summed E-state index contributed by atoms with van der Waals surface area (Å²) < 4.78 is 13.4. The van der Waals surface area contributed by atoms with Gasteiger partial charge in [0.15, 0.2) is 0 Å². The average Bonchev–Trinajstić information content (AvgIpc) is 2.37. The molecule has 0 spiro atoms. The van der Waals surface area contributed by atoms with Crippen molar-refractivity contribution in [2.45, 2.75) is 44.2 Å². The fraction of sp³-hybridized carbons (Fsp3) is 0.533. The van der Waals surface area contributed by atoms with E-state index in [4.69, 9.17) is 5.73 Å². The van der Waals surface area contributed by atoms with E-state index in [1.165, 1.54) is 12.1 Å². The molecule has 3 nitrogen and oxygen atoms in total. The summed E-state index contributed by atoms with van der Waals surface area (Å²) in [5, 5.41) is 2.96. The maximum atomic E-state index is 13.4. The smallest absolute Gasteiger partial charge is 0.237 e. The first-order valence-electron chi connectivity index (χ1n) is 6.77. The molecule has 0 aromatic heterocycles. The van der Waals surface area contributed by atoms with Gasteiger partial charge in [-0.15, -0.1) is 11.8 Å². The lowest BCUT2D eigenvalue weighted by Crippen LogP contribution is -2.49. The van der Waals surface area contributed by atoms with Crippen LogP contribution in [0, 0.1) is 11.2 Å². The van der Waals surface area contributed by atoms with Gasteiger partial charge in [-0.25, -0.2) is 4.39 Å². The minimum atomic E-state index is -0.575. The molecular formula is C15H21FN2OS. The van der Waals surface area contributed by atoms with Crippen LogP contribution in [0.5, 0.6) is 0 Å². The van der Waals surface area contributed by atoms with E-state index in [9.17, 15) is 9.18 Å². The van der Waals surface area contributed by atoms with Crippen molar-refractivity contribution in [1.29, 1.82) is 0 Å². The summed E-state index contributed by atoms with van der Waals surface area (Å²) in [5.41, 5.74) is 6.53. The van der Waals surface area contributed by atoms with E-state index in [0.717, 1.165) is 22.6 Å². The Bertz CT molecular complexity index is 513. The Hall–Kier alpha value is -1.07. The Labute approximate surface area is 123 Å². The van der Waals surface area contributed by atoms with Crippen LogP contribution in [-0.4, -0.2) is 17.7 Å². The molecule has 3 N–H and O–H groups in total. The van der Waals surface area contributed by atoms with Gasteiger partial charge in [0.2, 0.25) is 5.91 Å². The van der Waals surface area contributed by atoms with Crippen LogP contribution in [0.4, 0.5) is 4.39 Å². The molecule has 1 aromatic rings. The number of carbonyl (C=O) groups excluding carboxylic acids is 1. The lowest BCUT2D eigenvalue weighted by atomic mass is 9.86. The van der Waals surface area contributed by atoms with Gasteiger partial charge < -0.3 is 11.1 Å². The highest BCUT2D eigenvalue weighted by atomic mass is 32.2. The van der Waals surface area contributed by atoms with Gasteiger partial charge in [-0.3, -0.25) is 4.79 Å². The van der Waals surface area contributed by atoms with Crippen LogP contribution in [-0.2, 0) is 4.79 Å². The SMILES string of the molecule is CC(C)(C)[C@@H](N)C(=O)NC1CCSc2ccc(F)cc21. The number of hydrogen-bond donors (Lipinski definition) is 2. The van der Waals surface area contributed by atoms with E-state index in [2.05, 4.69) is 5.32 Å². The number of nitrogens with two attached hydrogens (primary N) is 1. The summed E-state index contributed by atoms with van der Waals surface area (Å²) >= 11 is 1.69. The minimum absolute atomic E-state index is 0.150. The van der Waals surface area contributed by atoms with Gasteiger partial charge in [0.05, 0.1) is 12.1 Å². The molecule has 0 radical (unpaired) electrons. The molecular weight excluding hydrogens is 275 g/mol. The topological polar surface area (TPSA) is 55.1 Å². The largest absolute Gasteiger partial charge is 0.348 e. The highest BCUT2D eigenvalue weighted by molar-refractivity contribution is 7.99. The van der Waals surface area contributed by atoms with Crippen LogP contribution >= 0.6 is 11.8 Å². The van der Waals surface area contributed by atoms with Crippen molar-refractivity contribution in [2.24, 2.45) is 11.1 Å². The average molecular weight is 296 g/mol. The maximum absolute atomic E-state index is 13.4. The van der Waals surface area contributed by atoms with Gasteiger partial charge in [-0.1, -0.05) is 20.8 Å².